The van der Waals surface area contributed by atoms with Crippen molar-refractivity contribution in [3.63, 3.8) is 0 Å². The van der Waals surface area contributed by atoms with Gasteiger partial charge in [-0.1, -0.05) is 19.0 Å². The number of aryl methyl sites for hydroxylation is 1. The van der Waals surface area contributed by atoms with Gasteiger partial charge in [0.2, 0.25) is 0 Å². The minimum atomic E-state index is -0.460. The first-order chi connectivity index (χ1) is 12.0. The minimum Gasteiger partial charge on any atom is -0.462 e. The number of hydrogen-bond acceptors (Lipinski definition) is 7. The third-order valence-corrected chi connectivity index (χ3v) is 3.80. The van der Waals surface area contributed by atoms with E-state index >= 15 is 0 Å². The van der Waals surface area contributed by atoms with Crippen molar-refractivity contribution in [3.8, 4) is 0 Å². The maximum absolute atomic E-state index is 12.5. The summed E-state index contributed by atoms with van der Waals surface area (Å²) in [5.41, 5.74) is 2.42. The summed E-state index contributed by atoms with van der Waals surface area (Å²) in [5.74, 6) is -0.327. The van der Waals surface area contributed by atoms with Gasteiger partial charge in [-0.3, -0.25) is 0 Å². The largest absolute Gasteiger partial charge is 0.462 e. The second-order valence-corrected chi connectivity index (χ2v) is 6.01. The predicted molar refractivity (Wildman–Crippen MR) is 89.5 cm³/mol. The fourth-order valence-electron chi connectivity index (χ4n) is 2.42. The van der Waals surface area contributed by atoms with E-state index in [0.29, 0.717) is 28.8 Å². The van der Waals surface area contributed by atoms with E-state index in [4.69, 9.17) is 9.26 Å². The Morgan fingerprint density at radius 1 is 1.40 bits per heavy atom. The summed E-state index contributed by atoms with van der Waals surface area (Å²) in [6.07, 6.45) is 3.45. The molecule has 3 aromatic heterocycles. The Morgan fingerprint density at radius 2 is 2.20 bits per heavy atom. The highest BCUT2D eigenvalue weighted by Gasteiger charge is 2.20. The molecule has 25 heavy (non-hydrogen) atoms. The van der Waals surface area contributed by atoms with Crippen molar-refractivity contribution in [1.29, 1.82) is 0 Å². The van der Waals surface area contributed by atoms with Gasteiger partial charge < -0.3 is 14.2 Å². The number of aromatic amines is 1. The summed E-state index contributed by atoms with van der Waals surface area (Å²) in [4.78, 5) is 34.0. The zero-order valence-electron chi connectivity index (χ0n) is 14.2. The number of nitrogens with one attached hydrogen (secondary N) is 1. The molecule has 0 amide bonds. The van der Waals surface area contributed by atoms with Gasteiger partial charge in [0.05, 0.1) is 23.3 Å². The van der Waals surface area contributed by atoms with Crippen LogP contribution in [0.5, 0.6) is 0 Å². The number of aromatic nitrogens is 4. The highest BCUT2D eigenvalue weighted by Crippen LogP contribution is 2.25. The number of nitrogens with zero attached hydrogens (tertiary/aromatic N) is 3. The van der Waals surface area contributed by atoms with E-state index in [1.165, 1.54) is 6.20 Å². The number of fused-ring (bicyclic) bond motifs is 1. The van der Waals surface area contributed by atoms with Gasteiger partial charge in [0.15, 0.2) is 0 Å². The first-order valence-electron chi connectivity index (χ1n) is 7.93. The molecule has 8 nitrogen and oxygen atoms in total. The van der Waals surface area contributed by atoms with Gasteiger partial charge in [0, 0.05) is 24.5 Å². The molecule has 0 fully saturated rings. The quantitative estimate of drug-likeness (QED) is 0.707. The maximum Gasteiger partial charge on any atom is 0.344 e. The minimum absolute atomic E-state index is 0.133. The second kappa shape index (κ2) is 6.84. The van der Waals surface area contributed by atoms with E-state index in [9.17, 15) is 9.59 Å². The maximum atomic E-state index is 12.5. The van der Waals surface area contributed by atoms with E-state index in [0.717, 1.165) is 11.3 Å². The highest BCUT2D eigenvalue weighted by atomic mass is 16.5. The lowest BCUT2D eigenvalue weighted by Crippen LogP contribution is -2.12. The Kier molecular flexibility index (Phi) is 4.60. The molecule has 0 aliphatic heterocycles. The van der Waals surface area contributed by atoms with Crippen molar-refractivity contribution >= 4 is 17.1 Å². The monoisotopic (exact) mass is 342 g/mol. The molecule has 0 radical (unpaired) electrons. The molecule has 8 heteroatoms. The Bertz CT molecular complexity index is 954. The molecule has 0 saturated heterocycles. The van der Waals surface area contributed by atoms with Crippen molar-refractivity contribution in [2.45, 2.75) is 33.1 Å². The van der Waals surface area contributed by atoms with Gasteiger partial charge in [-0.25, -0.2) is 19.6 Å². The lowest BCUT2D eigenvalue weighted by Gasteiger charge is -2.09. The molecule has 0 unspecified atom stereocenters. The molecule has 1 N–H and O–H groups in total. The summed E-state index contributed by atoms with van der Waals surface area (Å²) in [6, 6.07) is 1.72. The zero-order valence-corrected chi connectivity index (χ0v) is 14.2. The molecule has 0 aromatic carbocycles. The van der Waals surface area contributed by atoms with E-state index < -0.39 is 11.7 Å². The van der Waals surface area contributed by atoms with Crippen molar-refractivity contribution in [1.82, 2.24) is 20.1 Å². The fraction of sp³-hybridized carbons (Fsp3) is 0.353. The van der Waals surface area contributed by atoms with Gasteiger partial charge in [-0.2, -0.15) is 0 Å². The summed E-state index contributed by atoms with van der Waals surface area (Å²) in [6.45, 7) is 5.88. The van der Waals surface area contributed by atoms with Crippen LogP contribution in [0.1, 0.15) is 47.1 Å². The smallest absolute Gasteiger partial charge is 0.344 e. The first-order valence-corrected chi connectivity index (χ1v) is 7.93. The number of esters is 1. The highest BCUT2D eigenvalue weighted by molar-refractivity contribution is 6.03. The molecule has 0 bridgehead atoms. The molecular formula is C17H18N4O4. The number of carbonyl (C=O) groups excluding carboxylic acids is 1. The van der Waals surface area contributed by atoms with E-state index in [2.05, 4.69) is 20.1 Å². The number of H-pyrrole nitrogens is 1. The molecule has 3 heterocycles. The zero-order chi connectivity index (χ0) is 18.0. The SMILES string of the molecule is Cc1noc2nc(C(C)C)cc(C(=O)OCCc3cnc(=O)[nH]c3)c12. The van der Waals surface area contributed by atoms with Crippen LogP contribution in [0.4, 0.5) is 0 Å². The van der Waals surface area contributed by atoms with Crippen molar-refractivity contribution in [2.75, 3.05) is 6.61 Å². The number of hydrogen-bond donors (Lipinski definition) is 1. The van der Waals surface area contributed by atoms with Gasteiger partial charge in [0.25, 0.3) is 5.71 Å². The standard InChI is InChI=1S/C17H18N4O4/c1-9(2)13-6-12(14-10(3)21-25-15(14)20-13)16(22)24-5-4-11-7-18-17(23)19-8-11/h6-9H,4-5H2,1-3H3,(H,18,19,23). The predicted octanol–water partition coefficient (Wildman–Crippen LogP) is 2.14. The van der Waals surface area contributed by atoms with Crippen LogP contribution in [-0.2, 0) is 11.2 Å². The lowest BCUT2D eigenvalue weighted by atomic mass is 10.0. The number of carbonyl (C=O) groups is 1. The summed E-state index contributed by atoms with van der Waals surface area (Å²) >= 11 is 0. The molecule has 0 aliphatic rings. The van der Waals surface area contributed by atoms with Crippen LogP contribution in [0.2, 0.25) is 0 Å². The molecule has 3 rings (SSSR count). The normalized spacial score (nSPS) is 11.2. The summed E-state index contributed by atoms with van der Waals surface area (Å²) in [7, 11) is 0. The van der Waals surface area contributed by atoms with Crippen molar-refractivity contribution in [2.24, 2.45) is 0 Å². The van der Waals surface area contributed by atoms with Crippen molar-refractivity contribution in [3.05, 3.63) is 51.5 Å². The fourth-order valence-corrected chi connectivity index (χ4v) is 2.42. The molecule has 130 valence electrons. The molecular weight excluding hydrogens is 324 g/mol. The van der Waals surface area contributed by atoms with Gasteiger partial charge in [0.1, 0.15) is 0 Å². The van der Waals surface area contributed by atoms with Crippen LogP contribution in [0.25, 0.3) is 11.1 Å². The van der Waals surface area contributed by atoms with Crippen LogP contribution in [-0.4, -0.2) is 32.7 Å². The number of rotatable bonds is 5. The van der Waals surface area contributed by atoms with E-state index in [-0.39, 0.29) is 12.5 Å². The van der Waals surface area contributed by atoms with Crippen LogP contribution in [0.15, 0.2) is 27.8 Å². The topological polar surface area (TPSA) is 111 Å². The number of pyridine rings is 1. The molecule has 3 aromatic rings. The van der Waals surface area contributed by atoms with Crippen LogP contribution in [0, 0.1) is 6.92 Å². The second-order valence-electron chi connectivity index (χ2n) is 6.01. The van der Waals surface area contributed by atoms with Gasteiger partial charge >= 0.3 is 11.7 Å². The lowest BCUT2D eigenvalue weighted by molar-refractivity contribution is 0.0511. The third-order valence-electron chi connectivity index (χ3n) is 3.80. The van der Waals surface area contributed by atoms with Crippen LogP contribution < -0.4 is 5.69 Å². The van der Waals surface area contributed by atoms with Gasteiger partial charge in [-0.05, 0) is 24.5 Å². The van der Waals surface area contributed by atoms with Gasteiger partial charge in [-0.15, -0.1) is 0 Å². The van der Waals surface area contributed by atoms with E-state index in [1.807, 2.05) is 13.8 Å². The summed E-state index contributed by atoms with van der Waals surface area (Å²) in [5, 5.41) is 4.46. The third kappa shape index (κ3) is 3.57. The Balaban J connectivity index is 1.80. The van der Waals surface area contributed by atoms with Crippen molar-refractivity contribution < 1.29 is 14.1 Å². The summed E-state index contributed by atoms with van der Waals surface area (Å²) < 4.78 is 10.6. The average Bonchev–Trinajstić information content (AvgIpc) is 2.97. The molecule has 0 saturated carbocycles. The van der Waals surface area contributed by atoms with Crippen LogP contribution in [0.3, 0.4) is 0 Å². The average molecular weight is 342 g/mol. The Morgan fingerprint density at radius 3 is 2.88 bits per heavy atom. The first kappa shape index (κ1) is 16.8. The molecule has 0 spiro atoms. The molecule has 0 aliphatic carbocycles. The van der Waals surface area contributed by atoms with Crippen LogP contribution >= 0.6 is 0 Å². The Hall–Kier alpha value is -3.03. The molecule has 0 atom stereocenters. The van der Waals surface area contributed by atoms with E-state index in [1.54, 1.807) is 19.2 Å². The Labute approximate surface area is 143 Å². The number of ether oxygens (including phenoxy) is 1.